The van der Waals surface area contributed by atoms with Crippen LogP contribution in [-0.4, -0.2) is 52.5 Å². The van der Waals surface area contributed by atoms with E-state index in [9.17, 15) is 14.4 Å². The van der Waals surface area contributed by atoms with Crippen molar-refractivity contribution in [2.45, 2.75) is 70.8 Å². The minimum Gasteiger partial charge on any atom is -0.469 e. The lowest BCUT2D eigenvalue weighted by molar-refractivity contribution is -0.158. The first-order valence-corrected chi connectivity index (χ1v) is 13.1. The van der Waals surface area contributed by atoms with Gasteiger partial charge in [-0.15, -0.1) is 0 Å². The molecule has 0 aromatic heterocycles. The van der Waals surface area contributed by atoms with Crippen LogP contribution >= 0.6 is 0 Å². The SMILES string of the molecule is COC(=O)C1CC=C([C@H]2NC(=O)[C@@H]2C(C)O[Si](C)(C)C(C)(C)C)CC1C(=O)OC. The Morgan fingerprint density at radius 2 is 1.69 bits per heavy atom. The van der Waals surface area contributed by atoms with Crippen LogP contribution in [0, 0.1) is 17.8 Å². The lowest BCUT2D eigenvalue weighted by Gasteiger charge is -2.47. The van der Waals surface area contributed by atoms with Crippen LogP contribution in [0.15, 0.2) is 11.6 Å². The largest absolute Gasteiger partial charge is 0.469 e. The van der Waals surface area contributed by atoms with Crippen molar-refractivity contribution in [1.29, 1.82) is 0 Å². The predicted octanol–water partition coefficient (Wildman–Crippen LogP) is 2.81. The molecule has 8 heteroatoms. The first kappa shape index (κ1) is 23.6. The van der Waals surface area contributed by atoms with E-state index in [1.165, 1.54) is 14.2 Å². The average Bonchev–Trinajstić information content (AvgIpc) is 2.62. The number of methoxy groups -OCH3 is 2. The Morgan fingerprint density at radius 3 is 2.17 bits per heavy atom. The summed E-state index contributed by atoms with van der Waals surface area (Å²) < 4.78 is 16.2. The molecule has 1 aliphatic carbocycles. The molecule has 0 spiro atoms. The van der Waals surface area contributed by atoms with Gasteiger partial charge in [0.2, 0.25) is 5.91 Å². The van der Waals surface area contributed by atoms with E-state index in [0.29, 0.717) is 12.8 Å². The topological polar surface area (TPSA) is 90.9 Å². The van der Waals surface area contributed by atoms with Crippen LogP contribution in [0.1, 0.15) is 40.5 Å². The molecule has 7 nitrogen and oxygen atoms in total. The molecular weight excluding hydrogens is 390 g/mol. The fourth-order valence-corrected chi connectivity index (χ4v) is 5.33. The van der Waals surface area contributed by atoms with Gasteiger partial charge in [0.25, 0.3) is 0 Å². The molecule has 1 heterocycles. The molecule has 0 aromatic carbocycles. The summed E-state index contributed by atoms with van der Waals surface area (Å²) in [6, 6.07) is -0.187. The molecule has 3 unspecified atom stereocenters. The van der Waals surface area contributed by atoms with Crippen molar-refractivity contribution in [1.82, 2.24) is 5.32 Å². The molecule has 0 aromatic rings. The number of nitrogens with one attached hydrogen (secondary N) is 1. The fraction of sp³-hybridized carbons (Fsp3) is 0.762. The van der Waals surface area contributed by atoms with E-state index < -0.39 is 32.1 Å². The Morgan fingerprint density at radius 1 is 1.14 bits per heavy atom. The van der Waals surface area contributed by atoms with Crippen LogP contribution in [0.3, 0.4) is 0 Å². The first-order valence-electron chi connectivity index (χ1n) is 10.2. The van der Waals surface area contributed by atoms with Crippen molar-refractivity contribution < 1.29 is 28.3 Å². The second-order valence-corrected chi connectivity index (χ2v) is 14.3. The molecule has 2 rings (SSSR count). The van der Waals surface area contributed by atoms with E-state index in [0.717, 1.165) is 5.57 Å². The predicted molar refractivity (Wildman–Crippen MR) is 111 cm³/mol. The van der Waals surface area contributed by atoms with E-state index in [2.05, 4.69) is 39.2 Å². The third-order valence-electron chi connectivity index (χ3n) is 6.73. The molecule has 1 N–H and O–H groups in total. The highest BCUT2D eigenvalue weighted by atomic mass is 28.4. The van der Waals surface area contributed by atoms with Gasteiger partial charge in [0.1, 0.15) is 0 Å². The van der Waals surface area contributed by atoms with Gasteiger partial charge in [-0.2, -0.15) is 0 Å². The van der Waals surface area contributed by atoms with Crippen LogP contribution in [0.5, 0.6) is 0 Å². The summed E-state index contributed by atoms with van der Waals surface area (Å²) in [6.45, 7) is 12.8. The standard InChI is InChI=1S/C21H35NO6Si/c1-12(28-29(7,8)21(2,3)4)16-17(22-18(16)23)13-9-10-14(19(24)26-5)15(11-13)20(25)27-6/h9,12,14-17H,10-11H2,1-8H3,(H,22,23)/t12?,14?,15?,16-,17-/m1/s1. The normalized spacial score (nSPS) is 28.6. The number of carbonyl (C=O) groups is 3. The average molecular weight is 426 g/mol. The maximum absolute atomic E-state index is 12.4. The van der Waals surface area contributed by atoms with Gasteiger partial charge in [0, 0.05) is 0 Å². The van der Waals surface area contributed by atoms with Gasteiger partial charge in [-0.05, 0) is 37.9 Å². The maximum Gasteiger partial charge on any atom is 0.309 e. The molecule has 0 radical (unpaired) electrons. The van der Waals surface area contributed by atoms with Crippen molar-refractivity contribution in [2.24, 2.45) is 17.8 Å². The van der Waals surface area contributed by atoms with E-state index in [1.807, 2.05) is 13.0 Å². The Balaban J connectivity index is 2.19. The van der Waals surface area contributed by atoms with E-state index in [1.54, 1.807) is 0 Å². The van der Waals surface area contributed by atoms with Gasteiger partial charge < -0.3 is 19.2 Å². The van der Waals surface area contributed by atoms with Crippen LogP contribution in [0.2, 0.25) is 18.1 Å². The highest BCUT2D eigenvalue weighted by Gasteiger charge is 2.50. The number of esters is 2. The summed E-state index contributed by atoms with van der Waals surface area (Å²) in [5.74, 6) is -2.36. The fourth-order valence-electron chi connectivity index (χ4n) is 3.90. The highest BCUT2D eigenvalue weighted by Crippen LogP contribution is 2.41. The lowest BCUT2D eigenvalue weighted by atomic mass is 9.72. The molecule has 5 atom stereocenters. The Bertz CT molecular complexity index is 696. The van der Waals surface area contributed by atoms with Gasteiger partial charge in [0.15, 0.2) is 8.32 Å². The summed E-state index contributed by atoms with van der Waals surface area (Å²) in [5.41, 5.74) is 0.954. The number of hydrogen-bond donors (Lipinski definition) is 1. The summed E-state index contributed by atoms with van der Waals surface area (Å²) in [5, 5.41) is 3.01. The van der Waals surface area contributed by atoms with Gasteiger partial charge in [-0.3, -0.25) is 14.4 Å². The van der Waals surface area contributed by atoms with Crippen LogP contribution < -0.4 is 5.32 Å². The Hall–Kier alpha value is -1.67. The van der Waals surface area contributed by atoms with Crippen molar-refractivity contribution in [3.63, 3.8) is 0 Å². The van der Waals surface area contributed by atoms with Gasteiger partial charge in [0.05, 0.1) is 44.1 Å². The third-order valence-corrected chi connectivity index (χ3v) is 11.3. The van der Waals surface area contributed by atoms with Gasteiger partial charge in [-0.25, -0.2) is 0 Å². The summed E-state index contributed by atoms with van der Waals surface area (Å²) in [4.78, 5) is 36.8. The third kappa shape index (κ3) is 4.74. The Labute approximate surface area is 174 Å². The molecule has 1 saturated heterocycles. The van der Waals surface area contributed by atoms with Crippen LogP contribution in [-0.2, 0) is 28.3 Å². The summed E-state index contributed by atoms with van der Waals surface area (Å²) in [7, 11) is 0.610. The lowest BCUT2D eigenvalue weighted by Crippen LogP contribution is -2.64. The minimum atomic E-state index is -2.02. The van der Waals surface area contributed by atoms with Crippen molar-refractivity contribution in [3.8, 4) is 0 Å². The molecule has 1 amide bonds. The smallest absolute Gasteiger partial charge is 0.309 e. The molecule has 1 aliphatic heterocycles. The minimum absolute atomic E-state index is 0.0354. The quantitative estimate of drug-likeness (QED) is 0.305. The molecule has 29 heavy (non-hydrogen) atoms. The zero-order chi connectivity index (χ0) is 22.1. The summed E-state index contributed by atoms with van der Waals surface area (Å²) >= 11 is 0. The molecule has 0 bridgehead atoms. The second kappa shape index (κ2) is 8.59. The number of allylic oxidation sites excluding steroid dienone is 1. The van der Waals surface area contributed by atoms with Crippen LogP contribution in [0.4, 0.5) is 0 Å². The van der Waals surface area contributed by atoms with Gasteiger partial charge >= 0.3 is 11.9 Å². The zero-order valence-corrected chi connectivity index (χ0v) is 19.8. The second-order valence-electron chi connectivity index (χ2n) is 9.57. The van der Waals surface area contributed by atoms with Crippen molar-refractivity contribution in [2.75, 3.05) is 14.2 Å². The van der Waals surface area contributed by atoms with Crippen molar-refractivity contribution in [3.05, 3.63) is 11.6 Å². The zero-order valence-electron chi connectivity index (χ0n) is 18.8. The molecule has 164 valence electrons. The molecule has 1 fully saturated rings. The number of carbonyl (C=O) groups excluding carboxylic acids is 3. The first-order chi connectivity index (χ1) is 13.3. The molecule has 0 saturated carbocycles. The van der Waals surface area contributed by atoms with E-state index >= 15 is 0 Å². The maximum atomic E-state index is 12.4. The highest BCUT2D eigenvalue weighted by molar-refractivity contribution is 6.74. The molecular formula is C21H35NO6Si. The number of β-lactam (4-membered cyclic amide) rings is 1. The van der Waals surface area contributed by atoms with Gasteiger partial charge in [-0.1, -0.05) is 32.4 Å². The Kier molecular flexibility index (Phi) is 7.00. The number of amides is 1. The molecule has 2 aliphatic rings. The number of rotatable bonds is 6. The van der Waals surface area contributed by atoms with E-state index in [4.69, 9.17) is 13.9 Å². The number of ether oxygens (including phenoxy) is 2. The number of hydrogen-bond acceptors (Lipinski definition) is 6. The van der Waals surface area contributed by atoms with Crippen molar-refractivity contribution >= 4 is 26.2 Å². The van der Waals surface area contributed by atoms with E-state index in [-0.39, 0.29) is 29.0 Å². The van der Waals surface area contributed by atoms with Crippen LogP contribution in [0.25, 0.3) is 0 Å². The monoisotopic (exact) mass is 425 g/mol. The summed E-state index contributed by atoms with van der Waals surface area (Å²) in [6.07, 6.45) is 2.47.